The molecule has 0 unspecified atom stereocenters. The first-order chi connectivity index (χ1) is 15.9. The molecule has 5 rings (SSSR count). The van der Waals surface area contributed by atoms with Crippen LogP contribution in [-0.2, 0) is 4.79 Å². The van der Waals surface area contributed by atoms with Crippen molar-refractivity contribution in [2.24, 2.45) is 0 Å². The molecule has 4 aromatic rings. The lowest BCUT2D eigenvalue weighted by molar-refractivity contribution is -0.113. The van der Waals surface area contributed by atoms with Crippen molar-refractivity contribution in [1.82, 2.24) is 9.55 Å². The number of para-hydroxylation sites is 2. The molecule has 5 heteroatoms. The number of nitrogens with zero attached hydrogens (tertiary/aromatic N) is 2. The predicted octanol–water partition coefficient (Wildman–Crippen LogP) is 6.40. The zero-order valence-electron chi connectivity index (χ0n) is 19.4. The third-order valence-electron chi connectivity index (χ3n) is 6.30. The van der Waals surface area contributed by atoms with Crippen molar-refractivity contribution in [3.63, 3.8) is 0 Å². The van der Waals surface area contributed by atoms with Crippen molar-refractivity contribution < 1.29 is 4.79 Å². The van der Waals surface area contributed by atoms with Gasteiger partial charge < -0.3 is 10.6 Å². The Morgan fingerprint density at radius 3 is 2.36 bits per heavy atom. The first-order valence-electron chi connectivity index (χ1n) is 11.3. The summed E-state index contributed by atoms with van der Waals surface area (Å²) < 4.78 is 2.14. The minimum Gasteiger partial charge on any atom is -0.329 e. The van der Waals surface area contributed by atoms with E-state index in [1.165, 1.54) is 5.56 Å². The largest absolute Gasteiger partial charge is 0.329 e. The highest BCUT2D eigenvalue weighted by Gasteiger charge is 2.34. The highest BCUT2D eigenvalue weighted by atomic mass is 16.1. The Morgan fingerprint density at radius 1 is 0.970 bits per heavy atom. The van der Waals surface area contributed by atoms with Crippen LogP contribution in [0.25, 0.3) is 11.0 Å². The highest BCUT2D eigenvalue weighted by Crippen LogP contribution is 2.39. The second-order valence-electron chi connectivity index (χ2n) is 9.00. The van der Waals surface area contributed by atoms with E-state index in [4.69, 9.17) is 4.98 Å². The molecule has 2 N–H and O–H groups in total. The number of benzene rings is 3. The van der Waals surface area contributed by atoms with Crippen molar-refractivity contribution >= 4 is 28.6 Å². The molecule has 1 aliphatic rings. The Morgan fingerprint density at radius 2 is 1.67 bits per heavy atom. The smallest absolute Gasteiger partial charge is 0.255 e. The van der Waals surface area contributed by atoms with E-state index in [0.717, 1.165) is 39.5 Å². The number of carbonyl (C=O) groups is 1. The molecule has 0 bridgehead atoms. The predicted molar refractivity (Wildman–Crippen MR) is 135 cm³/mol. The molecule has 3 aromatic carbocycles. The van der Waals surface area contributed by atoms with Gasteiger partial charge >= 0.3 is 0 Å². The van der Waals surface area contributed by atoms with E-state index in [2.05, 4.69) is 59.4 Å². The number of fused-ring (bicyclic) bond motifs is 3. The second kappa shape index (κ2) is 8.24. The lowest BCUT2D eigenvalue weighted by Gasteiger charge is -2.31. The van der Waals surface area contributed by atoms with Crippen molar-refractivity contribution in [3.05, 3.63) is 101 Å². The number of amides is 1. The zero-order chi connectivity index (χ0) is 23.1. The molecule has 0 fully saturated rings. The molecule has 2 heterocycles. The molecule has 1 atom stereocenters. The molecule has 0 radical (unpaired) electrons. The molecular formula is C28H28N4O. The minimum absolute atomic E-state index is 0.120. The lowest BCUT2D eigenvalue weighted by atomic mass is 9.92. The summed E-state index contributed by atoms with van der Waals surface area (Å²) in [5, 5.41) is 6.47. The maximum absolute atomic E-state index is 13.6. The Kier molecular flexibility index (Phi) is 5.25. The van der Waals surface area contributed by atoms with E-state index in [1.54, 1.807) is 0 Å². The van der Waals surface area contributed by atoms with Crippen LogP contribution in [0.15, 0.2) is 84.1 Å². The Labute approximate surface area is 194 Å². The van der Waals surface area contributed by atoms with Gasteiger partial charge in [-0.25, -0.2) is 4.98 Å². The van der Waals surface area contributed by atoms with Crippen LogP contribution >= 0.6 is 0 Å². The van der Waals surface area contributed by atoms with Gasteiger partial charge in [-0.1, -0.05) is 67.9 Å². The summed E-state index contributed by atoms with van der Waals surface area (Å²) in [6, 6.07) is 24.2. The molecule has 0 aliphatic carbocycles. The normalized spacial score (nSPS) is 15.5. The Hall–Kier alpha value is -3.86. The van der Waals surface area contributed by atoms with Crippen LogP contribution in [0.1, 0.15) is 49.4 Å². The van der Waals surface area contributed by atoms with Gasteiger partial charge in [0, 0.05) is 11.4 Å². The fraction of sp³-hybridized carbons (Fsp3) is 0.214. The minimum atomic E-state index is -0.291. The van der Waals surface area contributed by atoms with Gasteiger partial charge in [0.05, 0.1) is 22.6 Å². The van der Waals surface area contributed by atoms with Gasteiger partial charge in [0.2, 0.25) is 5.95 Å². The number of aromatic nitrogens is 2. The van der Waals surface area contributed by atoms with Gasteiger partial charge in [0.1, 0.15) is 0 Å². The third kappa shape index (κ3) is 3.80. The van der Waals surface area contributed by atoms with Gasteiger partial charge in [0.15, 0.2) is 0 Å². The van der Waals surface area contributed by atoms with Crippen LogP contribution < -0.4 is 10.6 Å². The average Bonchev–Trinajstić information content (AvgIpc) is 3.17. The summed E-state index contributed by atoms with van der Waals surface area (Å²) in [5.74, 6) is 1.07. The Balaban J connectivity index is 1.64. The van der Waals surface area contributed by atoms with E-state index < -0.39 is 0 Å². The van der Waals surface area contributed by atoms with Gasteiger partial charge in [-0.3, -0.25) is 9.36 Å². The summed E-state index contributed by atoms with van der Waals surface area (Å²) in [5.41, 5.74) is 7.64. The van der Waals surface area contributed by atoms with Crippen molar-refractivity contribution in [2.75, 3.05) is 10.6 Å². The van der Waals surface area contributed by atoms with E-state index in [0.29, 0.717) is 11.5 Å². The van der Waals surface area contributed by atoms with Crippen molar-refractivity contribution in [2.45, 2.75) is 39.7 Å². The quantitative estimate of drug-likeness (QED) is 0.389. The first-order valence-corrected chi connectivity index (χ1v) is 11.3. The maximum atomic E-state index is 13.6. The number of aryl methyl sites for hydroxylation is 1. The summed E-state index contributed by atoms with van der Waals surface area (Å²) in [7, 11) is 0. The fourth-order valence-electron chi connectivity index (χ4n) is 4.47. The number of anilines is 2. The summed E-state index contributed by atoms with van der Waals surface area (Å²) in [6.07, 6.45) is 0. The summed E-state index contributed by atoms with van der Waals surface area (Å²) >= 11 is 0. The Bertz CT molecular complexity index is 1360. The first kappa shape index (κ1) is 21.0. The average molecular weight is 437 g/mol. The van der Waals surface area contributed by atoms with Crippen LogP contribution in [0.5, 0.6) is 0 Å². The summed E-state index contributed by atoms with van der Waals surface area (Å²) in [6.45, 7) is 8.35. The molecular weight excluding hydrogens is 408 g/mol. The standard InChI is InChI=1S/C28H28N4O/c1-17(2)20-11-13-21(14-12-20)26-25(27(33)30-22-15-9-18(3)10-16-22)19(4)29-28-31-23-7-5-6-8-24(23)32(26)28/h5-17,26H,1-4H3,(H,29,31)(H,30,33)/t26-/m1/s1. The molecule has 1 amide bonds. The van der Waals surface area contributed by atoms with Crippen LogP contribution in [0.2, 0.25) is 0 Å². The number of rotatable bonds is 4. The van der Waals surface area contributed by atoms with Crippen LogP contribution in [-0.4, -0.2) is 15.5 Å². The molecule has 166 valence electrons. The number of imidazole rings is 1. The SMILES string of the molecule is CC1=C(C(=O)Nc2ccc(C)cc2)[C@@H](c2ccc(C(C)C)cc2)n2c(nc3ccccc32)N1. The van der Waals surface area contributed by atoms with Gasteiger partial charge in [-0.2, -0.15) is 0 Å². The molecule has 0 spiro atoms. The maximum Gasteiger partial charge on any atom is 0.255 e. The number of carbonyl (C=O) groups excluding carboxylic acids is 1. The topological polar surface area (TPSA) is 59.0 Å². The van der Waals surface area contributed by atoms with Crippen molar-refractivity contribution in [1.29, 1.82) is 0 Å². The third-order valence-corrected chi connectivity index (χ3v) is 6.30. The van der Waals surface area contributed by atoms with Crippen molar-refractivity contribution in [3.8, 4) is 0 Å². The second-order valence-corrected chi connectivity index (χ2v) is 9.00. The van der Waals surface area contributed by atoms with Gasteiger partial charge in [-0.15, -0.1) is 0 Å². The van der Waals surface area contributed by atoms with Gasteiger partial charge in [-0.05, 0) is 55.2 Å². The van der Waals surface area contributed by atoms with Crippen LogP contribution in [0, 0.1) is 6.92 Å². The van der Waals surface area contributed by atoms with Crippen LogP contribution in [0.3, 0.4) is 0 Å². The fourth-order valence-corrected chi connectivity index (χ4v) is 4.47. The van der Waals surface area contributed by atoms with E-state index >= 15 is 0 Å². The highest BCUT2D eigenvalue weighted by molar-refractivity contribution is 6.06. The molecule has 5 nitrogen and oxygen atoms in total. The zero-order valence-corrected chi connectivity index (χ0v) is 19.4. The lowest BCUT2D eigenvalue weighted by Crippen LogP contribution is -2.30. The molecule has 1 aliphatic heterocycles. The summed E-state index contributed by atoms with van der Waals surface area (Å²) in [4.78, 5) is 18.4. The number of nitrogens with one attached hydrogen (secondary N) is 2. The molecule has 1 aromatic heterocycles. The number of hydrogen-bond donors (Lipinski definition) is 2. The molecule has 0 saturated heterocycles. The number of allylic oxidation sites excluding steroid dienone is 1. The monoisotopic (exact) mass is 436 g/mol. The molecule has 0 saturated carbocycles. The number of hydrogen-bond acceptors (Lipinski definition) is 3. The van der Waals surface area contributed by atoms with E-state index in [-0.39, 0.29) is 11.9 Å². The van der Waals surface area contributed by atoms with E-state index in [9.17, 15) is 4.79 Å². The van der Waals surface area contributed by atoms with E-state index in [1.807, 2.05) is 56.3 Å². The molecule has 33 heavy (non-hydrogen) atoms. The van der Waals surface area contributed by atoms with Crippen LogP contribution in [0.4, 0.5) is 11.6 Å². The van der Waals surface area contributed by atoms with Gasteiger partial charge in [0.25, 0.3) is 5.91 Å².